The molecule has 0 saturated carbocycles. The maximum Gasteiger partial charge on any atom is 0.418 e. The van der Waals surface area contributed by atoms with Crippen molar-refractivity contribution in [1.82, 2.24) is 0 Å². The molecule has 0 aliphatic rings. The summed E-state index contributed by atoms with van der Waals surface area (Å²) >= 11 is 2.78. The second-order valence-corrected chi connectivity index (χ2v) is 4.45. The van der Waals surface area contributed by atoms with Crippen LogP contribution in [0.25, 0.3) is 0 Å². The van der Waals surface area contributed by atoms with E-state index in [1.165, 1.54) is 12.1 Å². The first-order valence-corrected chi connectivity index (χ1v) is 6.04. The van der Waals surface area contributed by atoms with Crippen molar-refractivity contribution in [1.29, 1.82) is 5.26 Å². The van der Waals surface area contributed by atoms with Crippen LogP contribution in [0.3, 0.4) is 0 Å². The monoisotopic (exact) mass is 335 g/mol. The number of rotatable bonds is 3. The Labute approximate surface area is 116 Å². The van der Waals surface area contributed by atoms with Crippen molar-refractivity contribution in [2.45, 2.75) is 19.5 Å². The maximum atomic E-state index is 12.7. The fraction of sp³-hybridized carbons (Fsp3) is 0.333. The average molecular weight is 336 g/mol. The van der Waals surface area contributed by atoms with E-state index < -0.39 is 23.3 Å². The lowest BCUT2D eigenvalue weighted by atomic mass is 10.0. The number of benzene rings is 1. The van der Waals surface area contributed by atoms with E-state index in [-0.39, 0.29) is 23.1 Å². The van der Waals surface area contributed by atoms with Crippen molar-refractivity contribution >= 4 is 21.9 Å². The molecule has 0 amide bonds. The summed E-state index contributed by atoms with van der Waals surface area (Å²) in [7, 11) is 0. The number of ether oxygens (including phenoxy) is 1. The molecule has 0 saturated heterocycles. The normalized spacial score (nSPS) is 10.9. The molecule has 0 N–H and O–H groups in total. The highest BCUT2D eigenvalue weighted by Crippen LogP contribution is 2.37. The zero-order valence-electron chi connectivity index (χ0n) is 9.84. The largest absolute Gasteiger partial charge is 0.466 e. The molecule has 1 rings (SSSR count). The first-order chi connectivity index (χ1) is 8.79. The lowest BCUT2D eigenvalue weighted by Crippen LogP contribution is -2.12. The van der Waals surface area contributed by atoms with Crippen molar-refractivity contribution in [3.63, 3.8) is 0 Å². The van der Waals surface area contributed by atoms with Crippen LogP contribution < -0.4 is 0 Å². The van der Waals surface area contributed by atoms with Crippen LogP contribution in [0.4, 0.5) is 13.2 Å². The number of nitrogens with zero attached hydrogens (tertiary/aromatic N) is 1. The maximum absolute atomic E-state index is 12.7. The smallest absolute Gasteiger partial charge is 0.418 e. The van der Waals surface area contributed by atoms with Crippen LogP contribution in [0.15, 0.2) is 16.6 Å². The van der Waals surface area contributed by atoms with E-state index in [0.29, 0.717) is 0 Å². The zero-order valence-corrected chi connectivity index (χ0v) is 11.4. The summed E-state index contributed by atoms with van der Waals surface area (Å²) in [5.41, 5.74) is -1.28. The molecule has 0 aliphatic heterocycles. The summed E-state index contributed by atoms with van der Waals surface area (Å²) in [6.45, 7) is 1.81. The molecular formula is C12H9BrF3NO2. The van der Waals surface area contributed by atoms with E-state index in [9.17, 15) is 18.0 Å². The number of halogens is 4. The SMILES string of the molecule is CCOC(=O)Cc1cc(Br)c(C(F)(F)F)c(C#N)c1. The van der Waals surface area contributed by atoms with Gasteiger partial charge in [-0.2, -0.15) is 18.4 Å². The molecule has 0 fully saturated rings. The van der Waals surface area contributed by atoms with Crippen LogP contribution in [-0.2, 0) is 22.1 Å². The van der Waals surface area contributed by atoms with E-state index in [4.69, 9.17) is 10.00 Å². The van der Waals surface area contributed by atoms with Crippen LogP contribution in [0.2, 0.25) is 0 Å². The van der Waals surface area contributed by atoms with Crippen molar-refractivity contribution in [2.75, 3.05) is 6.61 Å². The summed E-state index contributed by atoms with van der Waals surface area (Å²) in [6.07, 6.45) is -4.81. The summed E-state index contributed by atoms with van der Waals surface area (Å²) < 4.78 is 42.6. The number of hydrogen-bond acceptors (Lipinski definition) is 3. The molecule has 102 valence electrons. The Morgan fingerprint density at radius 3 is 2.58 bits per heavy atom. The summed E-state index contributed by atoms with van der Waals surface area (Å²) in [5.74, 6) is -0.557. The van der Waals surface area contributed by atoms with Gasteiger partial charge in [-0.3, -0.25) is 4.79 Å². The van der Waals surface area contributed by atoms with Crippen LogP contribution in [-0.4, -0.2) is 12.6 Å². The Morgan fingerprint density at radius 1 is 1.47 bits per heavy atom. The highest BCUT2D eigenvalue weighted by Gasteiger charge is 2.36. The van der Waals surface area contributed by atoms with E-state index in [2.05, 4.69) is 15.9 Å². The Balaban J connectivity index is 3.18. The van der Waals surface area contributed by atoms with Crippen LogP contribution >= 0.6 is 15.9 Å². The minimum absolute atomic E-state index is 0.181. The molecule has 0 radical (unpaired) electrons. The fourth-order valence-corrected chi connectivity index (χ4v) is 2.25. The topological polar surface area (TPSA) is 50.1 Å². The highest BCUT2D eigenvalue weighted by atomic mass is 79.9. The third-order valence-electron chi connectivity index (χ3n) is 2.21. The number of nitriles is 1. The minimum Gasteiger partial charge on any atom is -0.466 e. The zero-order chi connectivity index (χ0) is 14.6. The fourth-order valence-electron chi connectivity index (χ4n) is 1.52. The molecule has 0 bridgehead atoms. The standard InChI is InChI=1S/C12H9BrF3NO2/c1-2-19-10(18)5-7-3-8(6-17)11(9(13)4-7)12(14,15)16/h3-4H,2,5H2,1H3. The molecule has 0 spiro atoms. The number of carbonyl (C=O) groups excluding carboxylic acids is 1. The van der Waals surface area contributed by atoms with Gasteiger partial charge in [-0.15, -0.1) is 0 Å². The Kier molecular flexibility index (Phi) is 4.95. The van der Waals surface area contributed by atoms with Gasteiger partial charge in [0.2, 0.25) is 0 Å². The van der Waals surface area contributed by atoms with E-state index >= 15 is 0 Å². The van der Waals surface area contributed by atoms with Gasteiger partial charge in [0, 0.05) is 4.47 Å². The minimum atomic E-state index is -4.63. The van der Waals surface area contributed by atoms with Gasteiger partial charge in [0.05, 0.1) is 30.2 Å². The molecule has 1 aromatic rings. The van der Waals surface area contributed by atoms with Crippen molar-refractivity contribution in [3.8, 4) is 6.07 Å². The van der Waals surface area contributed by atoms with Gasteiger partial charge in [0.1, 0.15) is 0 Å². The lowest BCUT2D eigenvalue weighted by Gasteiger charge is -2.12. The van der Waals surface area contributed by atoms with Gasteiger partial charge in [0.25, 0.3) is 0 Å². The van der Waals surface area contributed by atoms with E-state index in [0.717, 1.165) is 6.07 Å². The second kappa shape index (κ2) is 6.06. The molecule has 0 atom stereocenters. The molecule has 0 aliphatic carbocycles. The van der Waals surface area contributed by atoms with Crippen molar-refractivity contribution in [2.24, 2.45) is 0 Å². The first kappa shape index (κ1) is 15.5. The van der Waals surface area contributed by atoms with Crippen molar-refractivity contribution in [3.05, 3.63) is 33.3 Å². The molecule has 3 nitrogen and oxygen atoms in total. The van der Waals surface area contributed by atoms with Gasteiger partial charge < -0.3 is 4.74 Å². The van der Waals surface area contributed by atoms with Gasteiger partial charge >= 0.3 is 12.1 Å². The Hall–Kier alpha value is -1.55. The molecular weight excluding hydrogens is 327 g/mol. The molecule has 19 heavy (non-hydrogen) atoms. The molecule has 0 heterocycles. The predicted molar refractivity (Wildman–Crippen MR) is 64.2 cm³/mol. The van der Waals surface area contributed by atoms with Crippen LogP contribution in [0.5, 0.6) is 0 Å². The van der Waals surface area contributed by atoms with Gasteiger partial charge in [-0.1, -0.05) is 15.9 Å². The van der Waals surface area contributed by atoms with Crippen molar-refractivity contribution < 1.29 is 22.7 Å². The number of alkyl halides is 3. The molecule has 0 unspecified atom stereocenters. The Bertz CT molecular complexity index is 535. The molecule has 7 heteroatoms. The average Bonchev–Trinajstić information content (AvgIpc) is 2.26. The summed E-state index contributed by atoms with van der Waals surface area (Å²) in [4.78, 5) is 11.3. The van der Waals surface area contributed by atoms with Crippen LogP contribution in [0.1, 0.15) is 23.6 Å². The quantitative estimate of drug-likeness (QED) is 0.795. The van der Waals surface area contributed by atoms with Gasteiger partial charge in [-0.25, -0.2) is 0 Å². The number of carbonyl (C=O) groups is 1. The van der Waals surface area contributed by atoms with Gasteiger partial charge in [0.15, 0.2) is 0 Å². The third kappa shape index (κ3) is 3.96. The first-order valence-electron chi connectivity index (χ1n) is 5.25. The number of esters is 1. The number of hydrogen-bond donors (Lipinski definition) is 0. The predicted octanol–water partition coefficient (Wildman–Crippen LogP) is 3.45. The lowest BCUT2D eigenvalue weighted by molar-refractivity contribution is -0.142. The Morgan fingerprint density at radius 2 is 2.11 bits per heavy atom. The van der Waals surface area contributed by atoms with Gasteiger partial charge in [-0.05, 0) is 24.6 Å². The summed E-state index contributed by atoms with van der Waals surface area (Å²) in [6, 6.07) is 3.70. The third-order valence-corrected chi connectivity index (χ3v) is 2.83. The van der Waals surface area contributed by atoms with E-state index in [1.54, 1.807) is 6.92 Å². The highest BCUT2D eigenvalue weighted by molar-refractivity contribution is 9.10. The molecule has 0 aromatic heterocycles. The molecule has 1 aromatic carbocycles. The van der Waals surface area contributed by atoms with E-state index in [1.807, 2.05) is 0 Å². The summed E-state index contributed by atoms with van der Waals surface area (Å²) in [5, 5.41) is 8.78. The van der Waals surface area contributed by atoms with Crippen LogP contribution in [0, 0.1) is 11.3 Å². The second-order valence-electron chi connectivity index (χ2n) is 3.59.